The van der Waals surface area contributed by atoms with E-state index in [9.17, 15) is 0 Å². The maximum absolute atomic E-state index is 6.44. The molecular weight excluding hydrogens is 282 g/mol. The molecule has 0 aliphatic carbocycles. The lowest BCUT2D eigenvalue weighted by Crippen LogP contribution is -2.38. The quantitative estimate of drug-likeness (QED) is 0.778. The zero-order valence-corrected chi connectivity index (χ0v) is 13.3. The Bertz CT molecular complexity index is 649. The number of para-hydroxylation sites is 2. The molecule has 0 N–H and O–H groups in total. The molecule has 112 valence electrons. The summed E-state index contributed by atoms with van der Waals surface area (Å²) >= 11 is 6.44. The Kier molecular flexibility index (Phi) is 3.43. The second-order valence-corrected chi connectivity index (χ2v) is 7.05. The fraction of sp³-hybridized carbons (Fsp3) is 0.588. The van der Waals surface area contributed by atoms with E-state index in [-0.39, 0.29) is 5.38 Å². The number of imidazole rings is 1. The van der Waals surface area contributed by atoms with E-state index in [0.29, 0.717) is 12.1 Å². The summed E-state index contributed by atoms with van der Waals surface area (Å²) < 4.78 is 2.45. The number of nitrogens with zero attached hydrogens (tertiary/aromatic N) is 3. The molecule has 2 aromatic rings. The van der Waals surface area contributed by atoms with Crippen LogP contribution in [-0.4, -0.2) is 33.6 Å². The summed E-state index contributed by atoms with van der Waals surface area (Å²) in [4.78, 5) is 7.48. The highest BCUT2D eigenvalue weighted by Gasteiger charge is 2.38. The highest BCUT2D eigenvalue weighted by atomic mass is 35.5. The van der Waals surface area contributed by atoms with Gasteiger partial charge in [0.15, 0.2) is 0 Å². The second kappa shape index (κ2) is 5.29. The first kappa shape index (κ1) is 13.6. The van der Waals surface area contributed by atoms with Crippen molar-refractivity contribution in [3.05, 3.63) is 30.1 Å². The minimum atomic E-state index is -0.0463. The van der Waals surface area contributed by atoms with E-state index in [4.69, 9.17) is 16.6 Å². The fourth-order valence-electron chi connectivity index (χ4n) is 4.21. The largest absolute Gasteiger partial charge is 0.322 e. The molecule has 1 aromatic carbocycles. The molecule has 0 radical (unpaired) electrons. The third kappa shape index (κ3) is 2.18. The molecule has 0 amide bonds. The molecular formula is C17H22ClN3. The molecule has 4 rings (SSSR count). The highest BCUT2D eigenvalue weighted by Crippen LogP contribution is 2.39. The van der Waals surface area contributed by atoms with Crippen LogP contribution in [0.2, 0.25) is 0 Å². The molecule has 2 aliphatic heterocycles. The smallest absolute Gasteiger partial charge is 0.128 e. The van der Waals surface area contributed by atoms with Gasteiger partial charge in [-0.2, -0.15) is 0 Å². The van der Waals surface area contributed by atoms with Crippen LogP contribution in [0.3, 0.4) is 0 Å². The molecule has 1 aromatic heterocycles. The normalized spacial score (nSPS) is 27.9. The van der Waals surface area contributed by atoms with Crippen molar-refractivity contribution in [2.24, 2.45) is 0 Å². The zero-order chi connectivity index (χ0) is 14.4. The lowest BCUT2D eigenvalue weighted by Gasteiger charge is -2.33. The topological polar surface area (TPSA) is 21.1 Å². The van der Waals surface area contributed by atoms with Crippen LogP contribution in [0.15, 0.2) is 24.3 Å². The first-order valence-corrected chi connectivity index (χ1v) is 8.54. The van der Waals surface area contributed by atoms with Gasteiger partial charge in [0, 0.05) is 12.6 Å². The van der Waals surface area contributed by atoms with Gasteiger partial charge >= 0.3 is 0 Å². The third-order valence-corrected chi connectivity index (χ3v) is 5.33. The van der Waals surface area contributed by atoms with E-state index >= 15 is 0 Å². The van der Waals surface area contributed by atoms with Gasteiger partial charge in [0.05, 0.1) is 22.5 Å². The van der Waals surface area contributed by atoms with Gasteiger partial charge in [-0.15, -0.1) is 11.6 Å². The average molecular weight is 304 g/mol. The number of hydrogen-bond acceptors (Lipinski definition) is 2. The number of aromatic nitrogens is 2. The van der Waals surface area contributed by atoms with Crippen molar-refractivity contribution in [1.82, 2.24) is 14.5 Å². The average Bonchev–Trinajstić information content (AvgIpc) is 3.07. The Morgan fingerprint density at radius 2 is 2.00 bits per heavy atom. The Hall–Kier alpha value is -1.06. The van der Waals surface area contributed by atoms with E-state index < -0.39 is 0 Å². The van der Waals surface area contributed by atoms with Crippen LogP contribution in [0.5, 0.6) is 0 Å². The van der Waals surface area contributed by atoms with Gasteiger partial charge in [-0.3, -0.25) is 4.90 Å². The molecule has 0 saturated carbocycles. The molecule has 4 heteroatoms. The fourth-order valence-corrected chi connectivity index (χ4v) is 4.37. The minimum Gasteiger partial charge on any atom is -0.322 e. The predicted molar refractivity (Wildman–Crippen MR) is 86.9 cm³/mol. The molecule has 3 unspecified atom stereocenters. The number of fused-ring (bicyclic) bond motifs is 2. The Morgan fingerprint density at radius 1 is 1.14 bits per heavy atom. The summed E-state index contributed by atoms with van der Waals surface area (Å²) in [6, 6.07) is 9.67. The third-order valence-electron chi connectivity index (χ3n) is 5.13. The molecule has 3 nitrogen and oxygen atoms in total. The standard InChI is InChI=1S/C17H22ClN3/c1-12(18)17-19-13-6-2-3-7-14(13)21(17)16-9-11-20-10-5-4-8-15(16)20/h2-3,6-7,12,15-16H,4-5,8-11H2,1H3. The molecule has 2 saturated heterocycles. The van der Waals surface area contributed by atoms with E-state index in [0.717, 1.165) is 11.3 Å². The molecule has 2 aliphatic rings. The van der Waals surface area contributed by atoms with Gasteiger partial charge in [-0.05, 0) is 44.9 Å². The first-order chi connectivity index (χ1) is 10.3. The Labute approximate surface area is 130 Å². The number of alkyl halides is 1. The van der Waals surface area contributed by atoms with Crippen molar-refractivity contribution < 1.29 is 0 Å². The molecule has 3 heterocycles. The number of rotatable bonds is 2. The second-order valence-electron chi connectivity index (χ2n) is 6.40. The maximum atomic E-state index is 6.44. The van der Waals surface area contributed by atoms with Gasteiger partial charge < -0.3 is 4.57 Å². The zero-order valence-electron chi connectivity index (χ0n) is 12.5. The Balaban J connectivity index is 1.83. The molecule has 0 spiro atoms. The van der Waals surface area contributed by atoms with Crippen LogP contribution in [0.25, 0.3) is 11.0 Å². The number of hydrogen-bond donors (Lipinski definition) is 0. The summed E-state index contributed by atoms with van der Waals surface area (Å²) in [5, 5.41) is -0.0463. The van der Waals surface area contributed by atoms with Crippen LogP contribution >= 0.6 is 11.6 Å². The summed E-state index contributed by atoms with van der Waals surface area (Å²) in [7, 11) is 0. The molecule has 21 heavy (non-hydrogen) atoms. The molecule has 2 fully saturated rings. The van der Waals surface area contributed by atoms with Crippen LogP contribution in [0.4, 0.5) is 0 Å². The maximum Gasteiger partial charge on any atom is 0.128 e. The van der Waals surface area contributed by atoms with Crippen molar-refractivity contribution in [3.8, 4) is 0 Å². The number of piperidine rings is 1. The lowest BCUT2D eigenvalue weighted by molar-refractivity contribution is 0.173. The van der Waals surface area contributed by atoms with Gasteiger partial charge in [-0.1, -0.05) is 18.6 Å². The van der Waals surface area contributed by atoms with Gasteiger partial charge in [0.1, 0.15) is 5.82 Å². The van der Waals surface area contributed by atoms with Crippen LogP contribution in [-0.2, 0) is 0 Å². The van der Waals surface area contributed by atoms with Gasteiger partial charge in [0.2, 0.25) is 0 Å². The van der Waals surface area contributed by atoms with E-state index in [2.05, 4.69) is 33.7 Å². The number of benzene rings is 1. The van der Waals surface area contributed by atoms with E-state index in [1.54, 1.807) is 0 Å². The molecule has 0 bridgehead atoms. The monoisotopic (exact) mass is 303 g/mol. The Morgan fingerprint density at radius 3 is 2.86 bits per heavy atom. The predicted octanol–water partition coefficient (Wildman–Crippen LogP) is 4.14. The van der Waals surface area contributed by atoms with Crippen molar-refractivity contribution >= 4 is 22.6 Å². The lowest BCUT2D eigenvalue weighted by atomic mass is 9.98. The van der Waals surface area contributed by atoms with Gasteiger partial charge in [-0.25, -0.2) is 4.98 Å². The van der Waals surface area contributed by atoms with Gasteiger partial charge in [0.25, 0.3) is 0 Å². The highest BCUT2D eigenvalue weighted by molar-refractivity contribution is 6.20. The number of halogens is 1. The summed E-state index contributed by atoms with van der Waals surface area (Å²) in [6.45, 7) is 4.52. The van der Waals surface area contributed by atoms with Crippen molar-refractivity contribution in [2.75, 3.05) is 13.1 Å². The summed E-state index contributed by atoms with van der Waals surface area (Å²) in [5.41, 5.74) is 2.33. The summed E-state index contributed by atoms with van der Waals surface area (Å²) in [6.07, 6.45) is 5.25. The van der Waals surface area contributed by atoms with Crippen LogP contribution in [0, 0.1) is 0 Å². The minimum absolute atomic E-state index is 0.0463. The van der Waals surface area contributed by atoms with Crippen LogP contribution < -0.4 is 0 Å². The van der Waals surface area contributed by atoms with Crippen molar-refractivity contribution in [1.29, 1.82) is 0 Å². The molecule has 3 atom stereocenters. The SMILES string of the molecule is CC(Cl)c1nc2ccccc2n1C1CCN2CCCCC12. The van der Waals surface area contributed by atoms with E-state index in [1.165, 1.54) is 44.3 Å². The van der Waals surface area contributed by atoms with Crippen molar-refractivity contribution in [2.45, 2.75) is 50.1 Å². The van der Waals surface area contributed by atoms with Crippen LogP contribution in [0.1, 0.15) is 49.9 Å². The first-order valence-electron chi connectivity index (χ1n) is 8.10. The summed E-state index contributed by atoms with van der Waals surface area (Å²) in [5.74, 6) is 1.04. The van der Waals surface area contributed by atoms with E-state index in [1.807, 2.05) is 6.92 Å². The van der Waals surface area contributed by atoms with Crippen molar-refractivity contribution in [3.63, 3.8) is 0 Å².